The summed E-state index contributed by atoms with van der Waals surface area (Å²) in [5.41, 5.74) is 5.08. The number of fused-ring (bicyclic) bond motifs is 3. The van der Waals surface area contributed by atoms with E-state index >= 15 is 4.39 Å². The van der Waals surface area contributed by atoms with E-state index in [2.05, 4.69) is 23.8 Å². The Bertz CT molecular complexity index is 1100. The summed E-state index contributed by atoms with van der Waals surface area (Å²) in [7, 11) is 0. The number of hydrogen-bond donors (Lipinski definition) is 0. The molecule has 1 nitrogen and oxygen atoms in total. The van der Waals surface area contributed by atoms with Crippen LogP contribution in [-0.2, 0) is 19.3 Å². The van der Waals surface area contributed by atoms with Crippen LogP contribution < -0.4 is 4.74 Å². The second-order valence-electron chi connectivity index (χ2n) is 7.39. The molecular weight excluding hydrogens is 399 g/mol. The van der Waals surface area contributed by atoms with Crippen molar-refractivity contribution >= 4 is 0 Å². The highest BCUT2D eigenvalue weighted by atomic mass is 19.4. The summed E-state index contributed by atoms with van der Waals surface area (Å²) in [4.78, 5) is 0. The molecule has 1 aliphatic rings. The van der Waals surface area contributed by atoms with Crippen LogP contribution in [-0.4, -0.2) is 6.36 Å². The van der Waals surface area contributed by atoms with Gasteiger partial charge in [-0.1, -0.05) is 49.7 Å². The second kappa shape index (κ2) is 7.74. The third-order valence-corrected chi connectivity index (χ3v) is 5.35. The fourth-order valence-electron chi connectivity index (χ4n) is 4.04. The molecule has 0 saturated carbocycles. The average Bonchev–Trinajstić information content (AvgIpc) is 2.69. The van der Waals surface area contributed by atoms with Crippen molar-refractivity contribution in [3.05, 3.63) is 76.9 Å². The van der Waals surface area contributed by atoms with Crippen LogP contribution in [0.5, 0.6) is 5.75 Å². The molecule has 0 atom stereocenters. The summed E-state index contributed by atoms with van der Waals surface area (Å²) in [6.07, 6.45) is -1.74. The first-order chi connectivity index (χ1) is 14.3. The van der Waals surface area contributed by atoms with E-state index in [-0.39, 0.29) is 11.1 Å². The van der Waals surface area contributed by atoms with E-state index in [9.17, 15) is 17.6 Å². The van der Waals surface area contributed by atoms with Crippen molar-refractivity contribution in [1.82, 2.24) is 0 Å². The predicted octanol–water partition coefficient (Wildman–Crippen LogP) is 7.25. The molecule has 6 heteroatoms. The molecule has 4 rings (SSSR count). The minimum absolute atomic E-state index is 0.150. The Kier molecular flexibility index (Phi) is 5.26. The van der Waals surface area contributed by atoms with Crippen LogP contribution in [0, 0.1) is 11.6 Å². The molecule has 0 spiro atoms. The standard InChI is InChI=1S/C24H19F5O/c1-2-3-14-4-7-17-15(12-14)5-8-20-19(17)10-9-18(23(20)26)16-6-11-22(21(25)13-16)30-24(27,28)29/h4,6-7,9-13H,2-3,5,8H2,1H3. The molecule has 0 radical (unpaired) electrons. The summed E-state index contributed by atoms with van der Waals surface area (Å²) in [6.45, 7) is 2.12. The number of hydrogen-bond acceptors (Lipinski definition) is 1. The monoisotopic (exact) mass is 418 g/mol. The number of ether oxygens (including phenoxy) is 1. The quantitative estimate of drug-likeness (QED) is 0.406. The molecule has 3 aromatic rings. The van der Waals surface area contributed by atoms with E-state index in [1.54, 1.807) is 12.1 Å². The third kappa shape index (κ3) is 3.91. The van der Waals surface area contributed by atoms with Gasteiger partial charge in [-0.25, -0.2) is 8.78 Å². The van der Waals surface area contributed by atoms with Crippen LogP contribution in [0.2, 0.25) is 0 Å². The Balaban J connectivity index is 1.71. The zero-order valence-electron chi connectivity index (χ0n) is 16.2. The van der Waals surface area contributed by atoms with Gasteiger partial charge in [-0.15, -0.1) is 13.2 Å². The van der Waals surface area contributed by atoms with Crippen LogP contribution in [0.4, 0.5) is 22.0 Å². The largest absolute Gasteiger partial charge is 0.573 e. The number of halogens is 5. The summed E-state index contributed by atoms with van der Waals surface area (Å²) >= 11 is 0. The Morgan fingerprint density at radius 1 is 0.867 bits per heavy atom. The Morgan fingerprint density at radius 3 is 2.30 bits per heavy atom. The van der Waals surface area contributed by atoms with Gasteiger partial charge in [0, 0.05) is 5.56 Å². The van der Waals surface area contributed by atoms with Gasteiger partial charge in [-0.05, 0) is 64.8 Å². The highest BCUT2D eigenvalue weighted by Gasteiger charge is 2.32. The number of benzene rings is 3. The van der Waals surface area contributed by atoms with Crippen LogP contribution in [0.15, 0.2) is 48.5 Å². The predicted molar refractivity (Wildman–Crippen MR) is 105 cm³/mol. The fourth-order valence-corrected chi connectivity index (χ4v) is 4.04. The van der Waals surface area contributed by atoms with E-state index in [1.165, 1.54) is 17.2 Å². The van der Waals surface area contributed by atoms with E-state index in [0.717, 1.165) is 36.1 Å². The van der Waals surface area contributed by atoms with Gasteiger partial charge >= 0.3 is 6.36 Å². The number of alkyl halides is 3. The first kappa shape index (κ1) is 20.4. The maximum Gasteiger partial charge on any atom is 0.573 e. The van der Waals surface area contributed by atoms with Gasteiger partial charge in [0.1, 0.15) is 5.82 Å². The van der Waals surface area contributed by atoms with Crippen molar-refractivity contribution in [2.75, 3.05) is 0 Å². The lowest BCUT2D eigenvalue weighted by Gasteiger charge is -2.22. The van der Waals surface area contributed by atoms with Gasteiger partial charge in [0.2, 0.25) is 0 Å². The lowest BCUT2D eigenvalue weighted by molar-refractivity contribution is -0.275. The minimum atomic E-state index is -5.00. The average molecular weight is 418 g/mol. The maximum atomic E-state index is 15.3. The van der Waals surface area contributed by atoms with E-state index < -0.39 is 23.7 Å². The summed E-state index contributed by atoms with van der Waals surface area (Å²) in [6, 6.07) is 12.5. The molecule has 156 valence electrons. The lowest BCUT2D eigenvalue weighted by Crippen LogP contribution is -2.17. The molecule has 1 aliphatic carbocycles. The molecule has 0 bridgehead atoms. The van der Waals surface area contributed by atoms with Crippen molar-refractivity contribution in [2.24, 2.45) is 0 Å². The van der Waals surface area contributed by atoms with Crippen LogP contribution in [0.3, 0.4) is 0 Å². The highest BCUT2D eigenvalue weighted by molar-refractivity contribution is 5.78. The zero-order chi connectivity index (χ0) is 21.5. The van der Waals surface area contributed by atoms with Crippen molar-refractivity contribution in [3.63, 3.8) is 0 Å². The molecular formula is C24H19F5O. The smallest absolute Gasteiger partial charge is 0.403 e. The van der Waals surface area contributed by atoms with Gasteiger partial charge < -0.3 is 4.74 Å². The zero-order valence-corrected chi connectivity index (χ0v) is 16.2. The lowest BCUT2D eigenvalue weighted by atomic mass is 9.82. The van der Waals surface area contributed by atoms with E-state index in [0.29, 0.717) is 18.4 Å². The summed E-state index contributed by atoms with van der Waals surface area (Å²) in [5.74, 6) is -2.61. The molecule has 0 N–H and O–H groups in total. The molecule has 3 aromatic carbocycles. The summed E-state index contributed by atoms with van der Waals surface area (Å²) in [5, 5.41) is 0. The van der Waals surface area contributed by atoms with Crippen molar-refractivity contribution in [1.29, 1.82) is 0 Å². The molecule has 0 unspecified atom stereocenters. The molecule has 0 fully saturated rings. The van der Waals surface area contributed by atoms with Gasteiger partial charge in [0.05, 0.1) is 0 Å². The SMILES string of the molecule is CCCc1ccc2c(c1)CCc1c-2ccc(-c2ccc(OC(F)(F)F)c(F)c2)c1F. The van der Waals surface area contributed by atoms with Crippen LogP contribution in [0.25, 0.3) is 22.3 Å². The minimum Gasteiger partial charge on any atom is -0.403 e. The molecule has 0 saturated heterocycles. The normalized spacial score (nSPS) is 13.0. The molecule has 0 heterocycles. The van der Waals surface area contributed by atoms with E-state index in [4.69, 9.17) is 0 Å². The van der Waals surface area contributed by atoms with Crippen LogP contribution >= 0.6 is 0 Å². The van der Waals surface area contributed by atoms with Gasteiger partial charge in [0.15, 0.2) is 11.6 Å². The topological polar surface area (TPSA) is 9.23 Å². The second-order valence-corrected chi connectivity index (χ2v) is 7.39. The van der Waals surface area contributed by atoms with Gasteiger partial charge in [-0.2, -0.15) is 0 Å². The van der Waals surface area contributed by atoms with Crippen molar-refractivity contribution in [2.45, 2.75) is 39.0 Å². The molecule has 0 amide bonds. The number of rotatable bonds is 4. The van der Waals surface area contributed by atoms with E-state index in [1.807, 2.05) is 6.07 Å². The Labute approximate surface area is 171 Å². The summed E-state index contributed by atoms with van der Waals surface area (Å²) < 4.78 is 70.0. The first-order valence-electron chi connectivity index (χ1n) is 9.76. The first-order valence-corrected chi connectivity index (χ1v) is 9.76. The molecule has 30 heavy (non-hydrogen) atoms. The van der Waals surface area contributed by atoms with Crippen molar-refractivity contribution < 1.29 is 26.7 Å². The van der Waals surface area contributed by atoms with Gasteiger partial charge in [0.25, 0.3) is 0 Å². The molecule has 0 aliphatic heterocycles. The number of aryl methyl sites for hydroxylation is 2. The van der Waals surface area contributed by atoms with Gasteiger partial charge in [-0.3, -0.25) is 0 Å². The third-order valence-electron chi connectivity index (χ3n) is 5.35. The molecule has 0 aromatic heterocycles. The Morgan fingerprint density at radius 2 is 1.60 bits per heavy atom. The maximum absolute atomic E-state index is 15.3. The van der Waals surface area contributed by atoms with Crippen molar-refractivity contribution in [3.8, 4) is 28.0 Å². The Hall–Kier alpha value is -2.89. The van der Waals surface area contributed by atoms with Crippen LogP contribution in [0.1, 0.15) is 30.0 Å². The fraction of sp³-hybridized carbons (Fsp3) is 0.250. The highest BCUT2D eigenvalue weighted by Crippen LogP contribution is 2.39.